The first kappa shape index (κ1) is 15.0. The Labute approximate surface area is 145 Å². The molecule has 8 heteroatoms. The monoisotopic (exact) mass is 360 g/mol. The summed E-state index contributed by atoms with van der Waals surface area (Å²) in [6, 6.07) is 8.60. The molecule has 0 saturated heterocycles. The summed E-state index contributed by atoms with van der Waals surface area (Å²) in [7, 11) is 1.67. The van der Waals surface area contributed by atoms with Gasteiger partial charge >= 0.3 is 5.69 Å². The molecular weight excluding hydrogens is 351 g/mol. The second kappa shape index (κ2) is 5.51. The van der Waals surface area contributed by atoms with Crippen LogP contribution in [0.1, 0.15) is 0 Å². The third-order valence-electron chi connectivity index (χ3n) is 3.68. The van der Waals surface area contributed by atoms with Crippen molar-refractivity contribution in [2.24, 2.45) is 0 Å². The van der Waals surface area contributed by atoms with E-state index in [-0.39, 0.29) is 5.15 Å². The van der Waals surface area contributed by atoms with Gasteiger partial charge < -0.3 is 9.73 Å². The van der Waals surface area contributed by atoms with Gasteiger partial charge in [0.25, 0.3) is 0 Å². The van der Waals surface area contributed by atoms with Gasteiger partial charge in [-0.05, 0) is 30.3 Å². The minimum Gasteiger partial charge on any atom is -0.450 e. The lowest BCUT2D eigenvalue weighted by atomic mass is 10.2. The van der Waals surface area contributed by atoms with Crippen LogP contribution in [0.2, 0.25) is 10.2 Å². The van der Waals surface area contributed by atoms with Crippen molar-refractivity contribution in [3.63, 3.8) is 0 Å². The molecule has 0 bridgehead atoms. The zero-order chi connectivity index (χ0) is 16.8. The van der Waals surface area contributed by atoms with Crippen molar-refractivity contribution in [1.29, 1.82) is 0 Å². The minimum atomic E-state index is -0.496. The smallest absolute Gasteiger partial charge is 0.354 e. The van der Waals surface area contributed by atoms with Crippen LogP contribution >= 0.6 is 23.2 Å². The maximum absolute atomic E-state index is 12.6. The lowest BCUT2D eigenvalue weighted by Gasteiger charge is -2.09. The number of furan rings is 1. The number of halogens is 2. The summed E-state index contributed by atoms with van der Waals surface area (Å²) >= 11 is 12.3. The molecule has 24 heavy (non-hydrogen) atoms. The average Bonchev–Trinajstić information content (AvgIpc) is 2.94. The number of nitrogens with zero attached hydrogens (tertiary/aromatic N) is 3. The molecule has 0 atom stereocenters. The number of benzene rings is 1. The standard InChI is InChI=1S/C16H10Cl2N4O2/c1-19-15-13-12(9-7-8(17)4-5-11(9)24-13)22(16(23)21-15)10-3-2-6-20-14(10)18/h2-7H,1H3,(H,19,21,23). The van der Waals surface area contributed by atoms with Gasteiger partial charge in [-0.2, -0.15) is 4.98 Å². The lowest BCUT2D eigenvalue weighted by molar-refractivity contribution is 0.665. The average molecular weight is 361 g/mol. The maximum Gasteiger partial charge on any atom is 0.354 e. The molecule has 120 valence electrons. The van der Waals surface area contributed by atoms with E-state index in [1.54, 1.807) is 43.6 Å². The van der Waals surface area contributed by atoms with Gasteiger partial charge in [0.1, 0.15) is 11.1 Å². The largest absolute Gasteiger partial charge is 0.450 e. The fraction of sp³-hybridized carbons (Fsp3) is 0.0625. The molecule has 4 rings (SSSR count). The summed E-state index contributed by atoms with van der Waals surface area (Å²) in [5.41, 5.74) is 1.49. The number of nitrogens with one attached hydrogen (secondary N) is 1. The van der Waals surface area contributed by atoms with Crippen molar-refractivity contribution in [2.45, 2.75) is 0 Å². The molecule has 0 aliphatic heterocycles. The molecule has 3 aromatic heterocycles. The molecule has 4 aromatic rings. The number of anilines is 1. The number of rotatable bonds is 2. The van der Waals surface area contributed by atoms with E-state index in [2.05, 4.69) is 15.3 Å². The van der Waals surface area contributed by atoms with Gasteiger partial charge in [-0.1, -0.05) is 23.2 Å². The van der Waals surface area contributed by atoms with Crippen LogP contribution in [-0.4, -0.2) is 21.6 Å². The highest BCUT2D eigenvalue weighted by molar-refractivity contribution is 6.32. The molecule has 1 aromatic carbocycles. The van der Waals surface area contributed by atoms with Crippen molar-refractivity contribution < 1.29 is 4.42 Å². The van der Waals surface area contributed by atoms with Crippen molar-refractivity contribution in [1.82, 2.24) is 14.5 Å². The van der Waals surface area contributed by atoms with Crippen molar-refractivity contribution in [3.8, 4) is 5.69 Å². The Kier molecular flexibility index (Phi) is 3.44. The van der Waals surface area contributed by atoms with Crippen LogP contribution in [0, 0.1) is 0 Å². The molecule has 3 heterocycles. The number of aromatic nitrogens is 3. The normalized spacial score (nSPS) is 11.3. The Morgan fingerprint density at radius 2 is 2.08 bits per heavy atom. The fourth-order valence-electron chi connectivity index (χ4n) is 2.67. The van der Waals surface area contributed by atoms with Gasteiger partial charge in [-0.15, -0.1) is 0 Å². The highest BCUT2D eigenvalue weighted by atomic mass is 35.5. The summed E-state index contributed by atoms with van der Waals surface area (Å²) in [5.74, 6) is 0.346. The van der Waals surface area contributed by atoms with Crippen LogP contribution in [0.15, 0.2) is 45.7 Å². The van der Waals surface area contributed by atoms with E-state index in [1.165, 1.54) is 4.57 Å². The summed E-state index contributed by atoms with van der Waals surface area (Å²) in [5, 5.41) is 4.29. The fourth-order valence-corrected chi connectivity index (χ4v) is 3.04. The topological polar surface area (TPSA) is 73.0 Å². The van der Waals surface area contributed by atoms with Crippen LogP contribution in [0.25, 0.3) is 27.8 Å². The van der Waals surface area contributed by atoms with Crippen LogP contribution < -0.4 is 11.0 Å². The van der Waals surface area contributed by atoms with E-state index in [0.29, 0.717) is 38.6 Å². The van der Waals surface area contributed by atoms with E-state index in [4.69, 9.17) is 27.6 Å². The molecule has 0 amide bonds. The number of fused-ring (bicyclic) bond motifs is 3. The summed E-state index contributed by atoms with van der Waals surface area (Å²) < 4.78 is 7.26. The Morgan fingerprint density at radius 1 is 1.25 bits per heavy atom. The molecule has 1 N–H and O–H groups in total. The zero-order valence-corrected chi connectivity index (χ0v) is 13.9. The van der Waals surface area contributed by atoms with Crippen LogP contribution in [0.5, 0.6) is 0 Å². The third kappa shape index (κ3) is 2.15. The Hall–Kier alpha value is -2.57. The van der Waals surface area contributed by atoms with Gasteiger partial charge in [-0.3, -0.25) is 4.57 Å². The SMILES string of the molecule is CNc1nc(=O)n(-c2cccnc2Cl)c2c1oc1ccc(Cl)cc12. The first-order chi connectivity index (χ1) is 11.6. The maximum atomic E-state index is 12.6. The molecule has 6 nitrogen and oxygen atoms in total. The third-order valence-corrected chi connectivity index (χ3v) is 4.20. The molecule has 0 spiro atoms. The summed E-state index contributed by atoms with van der Waals surface area (Å²) in [6.45, 7) is 0. The summed E-state index contributed by atoms with van der Waals surface area (Å²) in [4.78, 5) is 20.7. The summed E-state index contributed by atoms with van der Waals surface area (Å²) in [6.07, 6.45) is 1.55. The molecule has 0 radical (unpaired) electrons. The van der Waals surface area contributed by atoms with E-state index >= 15 is 0 Å². The molecule has 0 fully saturated rings. The number of hydrogen-bond acceptors (Lipinski definition) is 5. The van der Waals surface area contributed by atoms with Gasteiger partial charge in [0, 0.05) is 23.7 Å². The van der Waals surface area contributed by atoms with Gasteiger partial charge in [0.05, 0.1) is 5.69 Å². The number of hydrogen-bond donors (Lipinski definition) is 1. The predicted molar refractivity (Wildman–Crippen MR) is 94.5 cm³/mol. The van der Waals surface area contributed by atoms with Gasteiger partial charge in [0.2, 0.25) is 0 Å². The van der Waals surface area contributed by atoms with Crippen molar-refractivity contribution in [3.05, 3.63) is 57.2 Å². The lowest BCUT2D eigenvalue weighted by Crippen LogP contribution is -2.23. The minimum absolute atomic E-state index is 0.191. The van der Waals surface area contributed by atoms with Crippen LogP contribution in [-0.2, 0) is 0 Å². The Bertz CT molecular complexity index is 1150. The Balaban J connectivity index is 2.27. The first-order valence-corrected chi connectivity index (χ1v) is 7.79. The molecule has 0 aliphatic carbocycles. The van der Waals surface area contributed by atoms with E-state index in [1.807, 2.05) is 0 Å². The molecular formula is C16H10Cl2N4O2. The highest BCUT2D eigenvalue weighted by Gasteiger charge is 2.20. The highest BCUT2D eigenvalue weighted by Crippen LogP contribution is 2.34. The first-order valence-electron chi connectivity index (χ1n) is 7.03. The Morgan fingerprint density at radius 3 is 2.83 bits per heavy atom. The van der Waals surface area contributed by atoms with Gasteiger partial charge in [0.15, 0.2) is 16.6 Å². The van der Waals surface area contributed by atoms with Crippen LogP contribution in [0.3, 0.4) is 0 Å². The van der Waals surface area contributed by atoms with E-state index in [9.17, 15) is 4.79 Å². The van der Waals surface area contributed by atoms with Gasteiger partial charge in [-0.25, -0.2) is 9.78 Å². The van der Waals surface area contributed by atoms with E-state index < -0.39 is 5.69 Å². The molecule has 0 unspecified atom stereocenters. The van der Waals surface area contributed by atoms with E-state index in [0.717, 1.165) is 0 Å². The van der Waals surface area contributed by atoms with Crippen molar-refractivity contribution >= 4 is 51.1 Å². The predicted octanol–water partition coefficient (Wildman–Crippen LogP) is 3.88. The quantitative estimate of drug-likeness (QED) is 0.549. The molecule has 0 aliphatic rings. The van der Waals surface area contributed by atoms with Crippen LogP contribution in [0.4, 0.5) is 5.82 Å². The molecule has 0 saturated carbocycles. The zero-order valence-electron chi connectivity index (χ0n) is 12.4. The number of pyridine rings is 1. The van der Waals surface area contributed by atoms with Crippen molar-refractivity contribution in [2.75, 3.05) is 12.4 Å². The second-order valence-corrected chi connectivity index (χ2v) is 5.86. The second-order valence-electron chi connectivity index (χ2n) is 5.06.